The number of benzene rings is 6. The molecular weight excluding hydrogens is 470 g/mol. The lowest BCUT2D eigenvalue weighted by molar-refractivity contribution is 0.629. The third-order valence-electron chi connectivity index (χ3n) is 7.38. The maximum atomic E-state index is 14.6. The third kappa shape index (κ3) is 3.65. The Labute approximate surface area is 218 Å². The summed E-state index contributed by atoms with van der Waals surface area (Å²) in [6.45, 7) is 0. The Morgan fingerprint density at radius 2 is 0.632 bits per heavy atom. The van der Waals surface area contributed by atoms with Crippen LogP contribution in [0.5, 0.6) is 0 Å². The zero-order valence-electron chi connectivity index (χ0n) is 20.5. The van der Waals surface area contributed by atoms with Crippen molar-refractivity contribution in [1.29, 1.82) is 0 Å². The fourth-order valence-corrected chi connectivity index (χ4v) is 5.68. The summed E-state index contributed by atoms with van der Waals surface area (Å²) >= 11 is 0. The Morgan fingerprint density at radius 1 is 0.289 bits per heavy atom. The highest BCUT2D eigenvalue weighted by Gasteiger charge is 2.12. The molecule has 0 nitrogen and oxygen atoms in total. The van der Waals surface area contributed by atoms with E-state index in [0.29, 0.717) is 0 Å². The zero-order valence-corrected chi connectivity index (χ0v) is 20.5. The Morgan fingerprint density at radius 3 is 1.03 bits per heavy atom. The predicted molar refractivity (Wildman–Crippen MR) is 158 cm³/mol. The van der Waals surface area contributed by atoms with E-state index >= 15 is 0 Å². The molecule has 0 unspecified atom stereocenters. The molecule has 0 aliphatic rings. The van der Waals surface area contributed by atoms with Crippen molar-refractivity contribution in [3.63, 3.8) is 0 Å². The summed E-state index contributed by atoms with van der Waals surface area (Å²) < 4.78 is 29.2. The van der Waals surface area contributed by atoms with E-state index in [4.69, 9.17) is 0 Å². The van der Waals surface area contributed by atoms with E-state index in [1.165, 1.54) is 12.1 Å². The lowest BCUT2D eigenvalue weighted by atomic mass is 9.91. The topological polar surface area (TPSA) is 0 Å². The molecular formula is C36H22F2. The van der Waals surface area contributed by atoms with Crippen LogP contribution >= 0.6 is 0 Å². The van der Waals surface area contributed by atoms with Crippen LogP contribution in [-0.2, 0) is 0 Å². The number of fused-ring (bicyclic) bond motifs is 2. The largest absolute Gasteiger partial charge is 0.207 e. The summed E-state index contributed by atoms with van der Waals surface area (Å²) in [5, 5.41) is 11.9. The van der Waals surface area contributed by atoms with Gasteiger partial charge in [-0.3, -0.25) is 0 Å². The minimum Gasteiger partial charge on any atom is -0.207 e. The van der Waals surface area contributed by atoms with Crippen molar-refractivity contribution in [3.05, 3.63) is 145 Å². The fraction of sp³-hybridized carbons (Fsp3) is 0. The van der Waals surface area contributed by atoms with Crippen molar-refractivity contribution in [2.24, 2.45) is 0 Å². The van der Waals surface area contributed by atoms with Gasteiger partial charge in [0.25, 0.3) is 0 Å². The first-order valence-corrected chi connectivity index (χ1v) is 12.7. The molecule has 8 aromatic carbocycles. The highest BCUT2D eigenvalue weighted by Crippen LogP contribution is 2.40. The maximum Gasteiger partial charge on any atom is 0.123 e. The van der Waals surface area contributed by atoms with Gasteiger partial charge in [-0.05, 0) is 88.9 Å². The van der Waals surface area contributed by atoms with Gasteiger partial charge in [0.15, 0.2) is 0 Å². The van der Waals surface area contributed by atoms with Gasteiger partial charge in [-0.15, -0.1) is 0 Å². The molecule has 8 aromatic rings. The van der Waals surface area contributed by atoms with Crippen LogP contribution in [0.1, 0.15) is 0 Å². The van der Waals surface area contributed by atoms with Crippen LogP contribution in [-0.4, -0.2) is 0 Å². The summed E-state index contributed by atoms with van der Waals surface area (Å²) in [5.74, 6) is -0.548. The zero-order chi connectivity index (χ0) is 25.6. The van der Waals surface area contributed by atoms with Gasteiger partial charge in [0.05, 0.1) is 0 Å². The smallest absolute Gasteiger partial charge is 0.123 e. The van der Waals surface area contributed by atoms with Crippen LogP contribution in [0.15, 0.2) is 133 Å². The maximum absolute atomic E-state index is 14.6. The molecule has 0 spiro atoms. The predicted octanol–water partition coefficient (Wildman–Crippen LogP) is 10.6. The number of hydrogen-bond acceptors (Lipinski definition) is 0. The van der Waals surface area contributed by atoms with Crippen molar-refractivity contribution >= 4 is 64.6 Å². The van der Waals surface area contributed by atoms with Crippen LogP contribution in [0, 0.1) is 11.6 Å². The second kappa shape index (κ2) is 8.93. The molecule has 0 fully saturated rings. The van der Waals surface area contributed by atoms with Crippen LogP contribution < -0.4 is 0 Å². The molecule has 38 heavy (non-hydrogen) atoms. The Kier molecular flexibility index (Phi) is 5.26. The first kappa shape index (κ1) is 22.4. The summed E-state index contributed by atoms with van der Waals surface area (Å²) in [7, 11) is 0. The van der Waals surface area contributed by atoms with Crippen LogP contribution in [0.2, 0.25) is 0 Å². The van der Waals surface area contributed by atoms with Gasteiger partial charge in [0, 0.05) is 0 Å². The molecule has 0 amide bonds. The molecule has 0 saturated heterocycles. The molecule has 0 N–H and O–H groups in total. The molecule has 0 radical (unpaired) electrons. The number of hydrogen-bond donors (Lipinski definition) is 0. The van der Waals surface area contributed by atoms with Gasteiger partial charge < -0.3 is 0 Å². The van der Waals surface area contributed by atoms with E-state index in [-0.39, 0.29) is 11.6 Å². The number of rotatable bonds is 0. The van der Waals surface area contributed by atoms with Crippen LogP contribution in [0.4, 0.5) is 8.78 Å². The van der Waals surface area contributed by atoms with E-state index in [1.807, 2.05) is 84.9 Å². The van der Waals surface area contributed by atoms with E-state index in [0.717, 1.165) is 64.6 Å². The Hall–Kier alpha value is -4.82. The van der Waals surface area contributed by atoms with Crippen molar-refractivity contribution in [1.82, 2.24) is 0 Å². The monoisotopic (exact) mass is 492 g/mol. The van der Waals surface area contributed by atoms with Crippen molar-refractivity contribution < 1.29 is 8.78 Å². The highest BCUT2D eigenvalue weighted by atomic mass is 19.1. The average Bonchev–Trinajstić information content (AvgIpc) is 2.94. The normalized spacial score (nSPS) is 11.4. The second-order valence-corrected chi connectivity index (χ2v) is 9.60. The van der Waals surface area contributed by atoms with E-state index in [2.05, 4.69) is 24.3 Å². The van der Waals surface area contributed by atoms with Gasteiger partial charge in [-0.25, -0.2) is 8.78 Å². The SMILES string of the molecule is Fc1ccc2c(ccc3ccccc3ccc3cc(F)ccc3c3c4ccccc4c2c2ccccc23)c1. The Balaban J connectivity index is 1.91. The van der Waals surface area contributed by atoms with Gasteiger partial charge in [-0.2, -0.15) is 0 Å². The minimum atomic E-state index is -0.274. The molecule has 0 atom stereocenters. The van der Waals surface area contributed by atoms with Gasteiger partial charge in [-0.1, -0.05) is 109 Å². The minimum absolute atomic E-state index is 0.274. The van der Waals surface area contributed by atoms with Crippen LogP contribution in [0.3, 0.4) is 0 Å². The van der Waals surface area contributed by atoms with Gasteiger partial charge in [0.1, 0.15) is 11.6 Å². The summed E-state index contributed by atoms with van der Waals surface area (Å²) in [4.78, 5) is 0. The van der Waals surface area contributed by atoms with Crippen molar-refractivity contribution in [2.45, 2.75) is 0 Å². The second-order valence-electron chi connectivity index (χ2n) is 9.60. The van der Waals surface area contributed by atoms with Gasteiger partial charge >= 0.3 is 0 Å². The van der Waals surface area contributed by atoms with Crippen molar-refractivity contribution in [3.8, 4) is 0 Å². The molecule has 0 aliphatic heterocycles. The van der Waals surface area contributed by atoms with E-state index in [9.17, 15) is 8.78 Å². The first-order valence-electron chi connectivity index (χ1n) is 12.7. The molecule has 2 heteroatoms. The molecule has 0 saturated carbocycles. The summed E-state index contributed by atoms with van der Waals surface area (Å²) in [5.41, 5.74) is 0. The number of halogens is 2. The van der Waals surface area contributed by atoms with E-state index < -0.39 is 0 Å². The lowest BCUT2D eigenvalue weighted by Gasteiger charge is -2.13. The molecule has 180 valence electrons. The first-order chi connectivity index (χ1) is 18.7. The third-order valence-corrected chi connectivity index (χ3v) is 7.38. The van der Waals surface area contributed by atoms with Crippen molar-refractivity contribution in [2.75, 3.05) is 0 Å². The molecule has 2 bridgehead atoms. The molecule has 0 aliphatic carbocycles. The van der Waals surface area contributed by atoms with E-state index in [1.54, 1.807) is 12.1 Å². The van der Waals surface area contributed by atoms with Crippen LogP contribution in [0.25, 0.3) is 64.6 Å². The lowest BCUT2D eigenvalue weighted by Crippen LogP contribution is -1.85. The average molecular weight is 493 g/mol. The standard InChI is InChI=1S/C36H22F2/c37-27-17-19-29-25(21-27)15-13-23-7-1-2-8-24(23)14-16-26-22-28(38)18-20-30(26)36-33-11-5-3-9-31(33)35(29)32-10-4-6-12-34(32)36/h1-22H. The summed E-state index contributed by atoms with van der Waals surface area (Å²) in [6.07, 6.45) is 0. The molecule has 8 rings (SSSR count). The highest BCUT2D eigenvalue weighted by molar-refractivity contribution is 6.34. The molecule has 0 aromatic heterocycles. The summed E-state index contributed by atoms with van der Waals surface area (Å²) in [6, 6.07) is 42.7. The Bertz CT molecular complexity index is 1940. The quantitative estimate of drug-likeness (QED) is 0.185. The molecule has 0 heterocycles. The fourth-order valence-electron chi connectivity index (χ4n) is 5.68. The van der Waals surface area contributed by atoms with Gasteiger partial charge in [0.2, 0.25) is 0 Å².